The fraction of sp³-hybridized carbons (Fsp3) is 0.250. The van der Waals surface area contributed by atoms with Crippen molar-refractivity contribution in [2.24, 2.45) is 5.73 Å². The van der Waals surface area contributed by atoms with E-state index in [4.69, 9.17) is 0 Å². The van der Waals surface area contributed by atoms with Crippen LogP contribution in [0.1, 0.15) is 0 Å². The number of amides is 2. The molecule has 1 radical (unpaired) electrons. The maximum atomic E-state index is 9.87. The molecule has 0 saturated heterocycles. The molecule has 2 amide bonds. The minimum Gasteiger partial charge on any atom is -0.349 e. The number of nitrogens with two attached hydrogens (primary N) is 1. The van der Waals surface area contributed by atoms with Crippen molar-refractivity contribution in [1.29, 1.82) is 0 Å². The first-order valence-corrected chi connectivity index (χ1v) is 2.95. The topological polar surface area (TPSA) is 57.2 Å². The Morgan fingerprint density at radius 1 is 2.00 bits per heavy atom. The molecule has 0 heterocycles. The summed E-state index contributed by atoms with van der Waals surface area (Å²) in [5, 5.41) is 0. The standard InChI is InChI=1S/C4H7N2OS/c1-2-3-8-6-4(5)7/h2H,1,3H2,(H2,5,7). The van der Waals surface area contributed by atoms with Gasteiger partial charge in [0.15, 0.2) is 0 Å². The van der Waals surface area contributed by atoms with Crippen molar-refractivity contribution in [2.75, 3.05) is 5.75 Å². The molecule has 0 unspecified atom stereocenters. The van der Waals surface area contributed by atoms with Gasteiger partial charge in [-0.3, -0.25) is 0 Å². The van der Waals surface area contributed by atoms with Gasteiger partial charge in [-0.1, -0.05) is 6.08 Å². The number of rotatable bonds is 3. The first kappa shape index (κ1) is 7.36. The van der Waals surface area contributed by atoms with Crippen LogP contribution in [0.3, 0.4) is 0 Å². The first-order chi connectivity index (χ1) is 3.77. The molecule has 0 saturated carbocycles. The Bertz CT molecular complexity index is 94.0. The normalized spacial score (nSPS) is 8.00. The number of carbonyl (C=O) groups excluding carboxylic acids is 1. The molecule has 0 aliphatic rings. The third kappa shape index (κ3) is 5.36. The molecular formula is C4H7N2OS. The number of urea groups is 1. The van der Waals surface area contributed by atoms with Crippen LogP contribution in [0.2, 0.25) is 0 Å². The van der Waals surface area contributed by atoms with Crippen molar-refractivity contribution in [3.63, 3.8) is 0 Å². The molecule has 0 aromatic heterocycles. The summed E-state index contributed by atoms with van der Waals surface area (Å²) in [6, 6.07) is -0.642. The van der Waals surface area contributed by atoms with E-state index in [0.29, 0.717) is 5.75 Å². The van der Waals surface area contributed by atoms with Crippen LogP contribution in [0, 0.1) is 0 Å². The molecule has 0 aliphatic carbocycles. The van der Waals surface area contributed by atoms with E-state index in [0.717, 1.165) is 11.9 Å². The highest BCUT2D eigenvalue weighted by Gasteiger charge is 1.89. The molecule has 3 nitrogen and oxygen atoms in total. The zero-order valence-electron chi connectivity index (χ0n) is 4.33. The van der Waals surface area contributed by atoms with E-state index in [1.54, 1.807) is 6.08 Å². The second kappa shape index (κ2) is 4.52. The van der Waals surface area contributed by atoms with E-state index in [2.05, 4.69) is 17.0 Å². The van der Waals surface area contributed by atoms with Crippen LogP contribution in [0.15, 0.2) is 12.7 Å². The molecule has 0 aromatic carbocycles. The second-order valence-corrected chi connectivity index (χ2v) is 1.79. The number of nitrogens with zero attached hydrogens (tertiary/aromatic N) is 1. The minimum atomic E-state index is -0.642. The van der Waals surface area contributed by atoms with Gasteiger partial charge in [-0.05, 0) is 11.9 Å². The van der Waals surface area contributed by atoms with Gasteiger partial charge in [0.25, 0.3) is 0 Å². The fourth-order valence-electron chi connectivity index (χ4n) is 0.154. The van der Waals surface area contributed by atoms with Crippen LogP contribution in [0.5, 0.6) is 0 Å². The summed E-state index contributed by atoms with van der Waals surface area (Å²) in [5.41, 5.74) is 4.67. The molecule has 4 heteroatoms. The maximum Gasteiger partial charge on any atom is 0.345 e. The van der Waals surface area contributed by atoms with E-state index < -0.39 is 6.03 Å². The molecule has 0 aliphatic heterocycles. The largest absolute Gasteiger partial charge is 0.349 e. The van der Waals surface area contributed by atoms with Crippen LogP contribution >= 0.6 is 11.9 Å². The van der Waals surface area contributed by atoms with Crippen molar-refractivity contribution in [3.8, 4) is 0 Å². The van der Waals surface area contributed by atoms with Gasteiger partial charge in [0.05, 0.1) is 0 Å². The van der Waals surface area contributed by atoms with E-state index in [9.17, 15) is 4.79 Å². The second-order valence-electron chi connectivity index (χ2n) is 1.01. The monoisotopic (exact) mass is 131 g/mol. The summed E-state index contributed by atoms with van der Waals surface area (Å²) >= 11 is 1.09. The first-order valence-electron chi connectivity index (χ1n) is 2.00. The Hall–Kier alpha value is -0.640. The lowest BCUT2D eigenvalue weighted by atomic mass is 10.8. The molecular weight excluding hydrogens is 124 g/mol. The third-order valence-electron chi connectivity index (χ3n) is 0.347. The summed E-state index contributed by atoms with van der Waals surface area (Å²) in [7, 11) is 0. The predicted molar refractivity (Wildman–Crippen MR) is 34.4 cm³/mol. The number of primary amides is 1. The zero-order valence-corrected chi connectivity index (χ0v) is 5.15. The van der Waals surface area contributed by atoms with Crippen LogP contribution in [-0.4, -0.2) is 11.8 Å². The van der Waals surface area contributed by atoms with Crippen molar-refractivity contribution in [3.05, 3.63) is 12.7 Å². The number of carbonyl (C=O) groups is 1. The summed E-state index contributed by atoms with van der Waals surface area (Å²) in [5.74, 6) is 0.628. The highest BCUT2D eigenvalue weighted by molar-refractivity contribution is 7.97. The average Bonchev–Trinajstić information content (AvgIpc) is 1.66. The van der Waals surface area contributed by atoms with Crippen LogP contribution in [-0.2, 0) is 0 Å². The average molecular weight is 131 g/mol. The molecule has 2 N–H and O–H groups in total. The lowest BCUT2D eigenvalue weighted by molar-refractivity contribution is 0.254. The van der Waals surface area contributed by atoms with Crippen molar-refractivity contribution < 1.29 is 4.79 Å². The number of hydrogen-bond acceptors (Lipinski definition) is 2. The molecule has 0 rings (SSSR count). The lowest BCUT2D eigenvalue weighted by Gasteiger charge is -1.88. The molecule has 0 bridgehead atoms. The fourth-order valence-corrected chi connectivity index (χ4v) is 0.461. The summed E-state index contributed by atoms with van der Waals surface area (Å²) < 4.78 is 3.30. The maximum absolute atomic E-state index is 9.87. The van der Waals surface area contributed by atoms with Crippen molar-refractivity contribution >= 4 is 18.0 Å². The van der Waals surface area contributed by atoms with Crippen LogP contribution in [0.4, 0.5) is 4.79 Å². The summed E-state index contributed by atoms with van der Waals surface area (Å²) in [6.45, 7) is 3.42. The quantitative estimate of drug-likeness (QED) is 0.344. The van der Waals surface area contributed by atoms with Gasteiger partial charge in [0.1, 0.15) is 0 Å². The number of hydrogen-bond donors (Lipinski definition) is 1. The lowest BCUT2D eigenvalue weighted by Crippen LogP contribution is -2.16. The zero-order chi connectivity index (χ0) is 6.41. The van der Waals surface area contributed by atoms with E-state index in [1.165, 1.54) is 0 Å². The minimum absolute atomic E-state index is 0.628. The molecule has 0 aromatic rings. The van der Waals surface area contributed by atoms with Gasteiger partial charge in [0.2, 0.25) is 0 Å². The predicted octanol–water partition coefficient (Wildman–Crippen LogP) is 0.504. The Kier molecular flexibility index (Phi) is 4.16. The molecule has 45 valence electrons. The Labute approximate surface area is 52.5 Å². The summed E-state index contributed by atoms with van der Waals surface area (Å²) in [6.07, 6.45) is 1.65. The van der Waals surface area contributed by atoms with Crippen LogP contribution in [0.25, 0.3) is 0 Å². The van der Waals surface area contributed by atoms with Crippen molar-refractivity contribution in [2.45, 2.75) is 0 Å². The van der Waals surface area contributed by atoms with Gasteiger partial charge in [-0.25, -0.2) is 4.79 Å². The van der Waals surface area contributed by atoms with Crippen molar-refractivity contribution in [1.82, 2.24) is 4.72 Å². The Balaban J connectivity index is 2.93. The van der Waals surface area contributed by atoms with E-state index in [-0.39, 0.29) is 0 Å². The van der Waals surface area contributed by atoms with Gasteiger partial charge in [-0.2, -0.15) is 4.72 Å². The highest BCUT2D eigenvalue weighted by Crippen LogP contribution is 1.92. The third-order valence-corrected chi connectivity index (χ3v) is 1.04. The van der Waals surface area contributed by atoms with Gasteiger partial charge in [0, 0.05) is 5.75 Å². The van der Waals surface area contributed by atoms with E-state index in [1.807, 2.05) is 0 Å². The molecule has 0 spiro atoms. The molecule has 8 heavy (non-hydrogen) atoms. The Morgan fingerprint density at radius 2 is 2.62 bits per heavy atom. The smallest absolute Gasteiger partial charge is 0.345 e. The SMILES string of the molecule is C=CCS[N]C(N)=O. The highest BCUT2D eigenvalue weighted by atomic mass is 32.2. The van der Waals surface area contributed by atoms with Gasteiger partial charge >= 0.3 is 6.03 Å². The molecule has 0 fully saturated rings. The van der Waals surface area contributed by atoms with Gasteiger partial charge in [-0.15, -0.1) is 6.58 Å². The van der Waals surface area contributed by atoms with Crippen LogP contribution < -0.4 is 10.5 Å². The Morgan fingerprint density at radius 3 is 3.00 bits per heavy atom. The van der Waals surface area contributed by atoms with Gasteiger partial charge < -0.3 is 5.73 Å². The molecule has 0 atom stereocenters. The van der Waals surface area contributed by atoms with E-state index >= 15 is 0 Å². The summed E-state index contributed by atoms with van der Waals surface area (Å²) in [4.78, 5) is 9.87.